The van der Waals surface area contributed by atoms with E-state index in [2.05, 4.69) is 12.1 Å². The van der Waals surface area contributed by atoms with Crippen LogP contribution in [0.1, 0.15) is 12.8 Å². The first-order valence-electron chi connectivity index (χ1n) is 4.70. The van der Waals surface area contributed by atoms with Crippen LogP contribution in [0, 0.1) is 11.3 Å². The first kappa shape index (κ1) is 8.83. The standard InChI is InChI=1S/C12H11NO/c13-8-10-7-11-5-3-1-2-4-6-12(11)14-9-10/h1-2,4,6-7H,3,5,9H2/b2-1-,6-4-. The first-order valence-corrected chi connectivity index (χ1v) is 4.70. The minimum atomic E-state index is 0.406. The lowest BCUT2D eigenvalue weighted by molar-refractivity contribution is 0.247. The number of allylic oxidation sites excluding steroid dienone is 6. The molecule has 0 unspecified atom stereocenters. The molecule has 0 saturated heterocycles. The summed E-state index contributed by atoms with van der Waals surface area (Å²) in [5.41, 5.74) is 1.84. The van der Waals surface area contributed by atoms with E-state index in [-0.39, 0.29) is 0 Å². The molecular weight excluding hydrogens is 174 g/mol. The number of ether oxygens (including phenoxy) is 1. The van der Waals surface area contributed by atoms with Gasteiger partial charge in [0.15, 0.2) is 0 Å². The van der Waals surface area contributed by atoms with E-state index in [1.807, 2.05) is 24.3 Å². The molecule has 0 bridgehead atoms. The Balaban J connectivity index is 2.32. The zero-order valence-electron chi connectivity index (χ0n) is 7.86. The van der Waals surface area contributed by atoms with Crippen molar-refractivity contribution in [2.75, 3.05) is 6.61 Å². The Kier molecular flexibility index (Phi) is 2.51. The Morgan fingerprint density at radius 1 is 1.36 bits per heavy atom. The van der Waals surface area contributed by atoms with E-state index >= 15 is 0 Å². The van der Waals surface area contributed by atoms with Crippen LogP contribution < -0.4 is 0 Å². The van der Waals surface area contributed by atoms with Gasteiger partial charge in [0.1, 0.15) is 12.4 Å². The second-order valence-corrected chi connectivity index (χ2v) is 3.29. The van der Waals surface area contributed by atoms with E-state index in [1.54, 1.807) is 0 Å². The van der Waals surface area contributed by atoms with Crippen LogP contribution in [0.15, 0.2) is 47.3 Å². The Labute approximate surface area is 83.5 Å². The zero-order chi connectivity index (χ0) is 9.80. The molecule has 0 radical (unpaired) electrons. The molecule has 2 heteroatoms. The van der Waals surface area contributed by atoms with Gasteiger partial charge in [-0.25, -0.2) is 0 Å². The summed E-state index contributed by atoms with van der Waals surface area (Å²) in [6, 6.07) is 2.13. The van der Waals surface area contributed by atoms with Crippen LogP contribution in [-0.2, 0) is 4.74 Å². The molecule has 1 aliphatic carbocycles. The maximum atomic E-state index is 8.75. The quantitative estimate of drug-likeness (QED) is 0.581. The van der Waals surface area contributed by atoms with Gasteiger partial charge in [-0.1, -0.05) is 18.2 Å². The largest absolute Gasteiger partial charge is 0.488 e. The number of nitriles is 1. The summed E-state index contributed by atoms with van der Waals surface area (Å²) in [6.45, 7) is 0.406. The molecule has 0 N–H and O–H groups in total. The Hall–Kier alpha value is -1.75. The van der Waals surface area contributed by atoms with Gasteiger partial charge in [0.2, 0.25) is 0 Å². The Morgan fingerprint density at radius 3 is 3.14 bits per heavy atom. The van der Waals surface area contributed by atoms with Gasteiger partial charge in [0, 0.05) is 0 Å². The highest BCUT2D eigenvalue weighted by molar-refractivity contribution is 5.41. The summed E-state index contributed by atoms with van der Waals surface area (Å²) >= 11 is 0. The molecule has 0 aromatic heterocycles. The molecule has 0 aromatic rings. The second-order valence-electron chi connectivity index (χ2n) is 3.29. The van der Waals surface area contributed by atoms with Gasteiger partial charge < -0.3 is 4.74 Å². The fraction of sp³-hybridized carbons (Fsp3) is 0.250. The van der Waals surface area contributed by atoms with Crippen molar-refractivity contribution < 1.29 is 4.74 Å². The predicted molar refractivity (Wildman–Crippen MR) is 54.2 cm³/mol. The van der Waals surface area contributed by atoms with Crippen molar-refractivity contribution in [2.45, 2.75) is 12.8 Å². The third-order valence-corrected chi connectivity index (χ3v) is 2.27. The fourth-order valence-corrected chi connectivity index (χ4v) is 1.54. The van der Waals surface area contributed by atoms with Gasteiger partial charge in [0.25, 0.3) is 0 Å². The lowest BCUT2D eigenvalue weighted by atomic mass is 10.0. The number of rotatable bonds is 0. The van der Waals surface area contributed by atoms with Gasteiger partial charge >= 0.3 is 0 Å². The molecule has 1 aliphatic heterocycles. The van der Waals surface area contributed by atoms with Crippen LogP contribution in [-0.4, -0.2) is 6.61 Å². The smallest absolute Gasteiger partial charge is 0.123 e. The molecular formula is C12H11NO. The SMILES string of the molecule is N#CC1=CC2=C(/C=C\C=C/CC2)OC1. The van der Waals surface area contributed by atoms with E-state index in [0.29, 0.717) is 12.2 Å². The summed E-state index contributed by atoms with van der Waals surface area (Å²) in [6.07, 6.45) is 12.0. The van der Waals surface area contributed by atoms with Crippen molar-refractivity contribution in [3.05, 3.63) is 47.3 Å². The first-order chi connectivity index (χ1) is 6.90. The third-order valence-electron chi connectivity index (χ3n) is 2.27. The Bertz CT molecular complexity index is 391. The lowest BCUT2D eigenvalue weighted by Crippen LogP contribution is -2.05. The summed E-state index contributed by atoms with van der Waals surface area (Å²) in [5, 5.41) is 8.75. The summed E-state index contributed by atoms with van der Waals surface area (Å²) in [7, 11) is 0. The summed E-state index contributed by atoms with van der Waals surface area (Å²) < 4.78 is 5.49. The highest BCUT2D eigenvalue weighted by Crippen LogP contribution is 2.23. The molecule has 14 heavy (non-hydrogen) atoms. The van der Waals surface area contributed by atoms with Gasteiger partial charge in [-0.2, -0.15) is 5.26 Å². The molecule has 1 heterocycles. The number of nitrogens with zero attached hydrogens (tertiary/aromatic N) is 1. The molecule has 0 fully saturated rings. The minimum Gasteiger partial charge on any atom is -0.488 e. The van der Waals surface area contributed by atoms with Gasteiger partial charge in [-0.3, -0.25) is 0 Å². The van der Waals surface area contributed by atoms with Gasteiger partial charge in [-0.05, 0) is 30.6 Å². The average molecular weight is 185 g/mol. The maximum Gasteiger partial charge on any atom is 0.123 e. The second kappa shape index (κ2) is 3.97. The van der Waals surface area contributed by atoms with E-state index in [0.717, 1.165) is 24.2 Å². The minimum absolute atomic E-state index is 0.406. The molecule has 0 amide bonds. The average Bonchev–Trinajstić information content (AvgIpc) is 2.18. The number of hydrogen-bond acceptors (Lipinski definition) is 2. The number of hydrogen-bond donors (Lipinski definition) is 0. The van der Waals surface area contributed by atoms with Crippen molar-refractivity contribution in [3.63, 3.8) is 0 Å². The molecule has 2 nitrogen and oxygen atoms in total. The van der Waals surface area contributed by atoms with Crippen molar-refractivity contribution in [3.8, 4) is 6.07 Å². The van der Waals surface area contributed by atoms with Gasteiger partial charge in [-0.15, -0.1) is 0 Å². The summed E-state index contributed by atoms with van der Waals surface area (Å²) in [5.74, 6) is 0.911. The molecule has 0 saturated carbocycles. The normalized spacial score (nSPS) is 24.6. The molecule has 0 atom stereocenters. The molecule has 2 rings (SSSR count). The van der Waals surface area contributed by atoms with Crippen LogP contribution in [0.4, 0.5) is 0 Å². The van der Waals surface area contributed by atoms with Gasteiger partial charge in [0.05, 0.1) is 11.6 Å². The molecule has 0 aromatic carbocycles. The molecule has 0 spiro atoms. The fourth-order valence-electron chi connectivity index (χ4n) is 1.54. The van der Waals surface area contributed by atoms with Crippen molar-refractivity contribution >= 4 is 0 Å². The third kappa shape index (κ3) is 1.77. The predicted octanol–water partition coefficient (Wildman–Crippen LogP) is 2.63. The molecule has 2 aliphatic rings. The Morgan fingerprint density at radius 2 is 2.29 bits per heavy atom. The van der Waals surface area contributed by atoms with E-state index < -0.39 is 0 Å². The highest BCUT2D eigenvalue weighted by atomic mass is 16.5. The van der Waals surface area contributed by atoms with Crippen LogP contribution in [0.25, 0.3) is 0 Å². The lowest BCUT2D eigenvalue weighted by Gasteiger charge is -2.16. The van der Waals surface area contributed by atoms with Crippen LogP contribution >= 0.6 is 0 Å². The maximum absolute atomic E-state index is 8.75. The molecule has 70 valence electrons. The van der Waals surface area contributed by atoms with Crippen molar-refractivity contribution in [1.29, 1.82) is 5.26 Å². The highest BCUT2D eigenvalue weighted by Gasteiger charge is 2.12. The van der Waals surface area contributed by atoms with Crippen molar-refractivity contribution in [2.24, 2.45) is 0 Å². The van der Waals surface area contributed by atoms with E-state index in [4.69, 9.17) is 10.00 Å². The van der Waals surface area contributed by atoms with Crippen molar-refractivity contribution in [1.82, 2.24) is 0 Å². The summed E-state index contributed by atoms with van der Waals surface area (Å²) in [4.78, 5) is 0. The van der Waals surface area contributed by atoms with Crippen LogP contribution in [0.2, 0.25) is 0 Å². The zero-order valence-corrected chi connectivity index (χ0v) is 7.86. The topological polar surface area (TPSA) is 33.0 Å². The van der Waals surface area contributed by atoms with Crippen LogP contribution in [0.5, 0.6) is 0 Å². The van der Waals surface area contributed by atoms with E-state index in [9.17, 15) is 0 Å². The van der Waals surface area contributed by atoms with Crippen LogP contribution in [0.3, 0.4) is 0 Å². The monoisotopic (exact) mass is 185 g/mol. The van der Waals surface area contributed by atoms with E-state index in [1.165, 1.54) is 0 Å².